The number of aryl methyl sites for hydroxylation is 1. The van der Waals surface area contributed by atoms with Crippen molar-refractivity contribution in [2.24, 2.45) is 10.7 Å². The summed E-state index contributed by atoms with van der Waals surface area (Å²) in [5, 5.41) is 5.42. The van der Waals surface area contributed by atoms with E-state index in [0.717, 1.165) is 17.1 Å². The van der Waals surface area contributed by atoms with E-state index in [2.05, 4.69) is 10.1 Å². The SMILES string of the molecule is CCc1nn(-c2ccccc2)c(=NC(=O)CCN)s1. The van der Waals surface area contributed by atoms with E-state index in [1.807, 2.05) is 37.3 Å². The van der Waals surface area contributed by atoms with Crippen molar-refractivity contribution >= 4 is 17.2 Å². The van der Waals surface area contributed by atoms with Gasteiger partial charge in [0.25, 0.3) is 0 Å². The lowest BCUT2D eigenvalue weighted by molar-refractivity contribution is -0.117. The fourth-order valence-corrected chi connectivity index (χ4v) is 2.42. The van der Waals surface area contributed by atoms with Gasteiger partial charge in [-0.1, -0.05) is 36.5 Å². The molecule has 0 saturated carbocycles. The molecule has 100 valence electrons. The van der Waals surface area contributed by atoms with E-state index in [1.54, 1.807) is 4.68 Å². The lowest BCUT2D eigenvalue weighted by atomic mass is 10.3. The Kier molecular flexibility index (Phi) is 4.59. The molecule has 6 heteroatoms. The van der Waals surface area contributed by atoms with Crippen LogP contribution in [0.5, 0.6) is 0 Å². The van der Waals surface area contributed by atoms with Crippen LogP contribution in [0.1, 0.15) is 18.4 Å². The Morgan fingerprint density at radius 3 is 2.79 bits per heavy atom. The predicted octanol–water partition coefficient (Wildman–Crippen LogP) is 1.27. The van der Waals surface area contributed by atoms with Crippen molar-refractivity contribution < 1.29 is 4.79 Å². The lowest BCUT2D eigenvalue weighted by Gasteiger charge is -1.99. The summed E-state index contributed by atoms with van der Waals surface area (Å²) in [7, 11) is 0. The molecule has 0 unspecified atom stereocenters. The van der Waals surface area contributed by atoms with Gasteiger partial charge in [-0.05, 0) is 18.6 Å². The van der Waals surface area contributed by atoms with Gasteiger partial charge in [0.1, 0.15) is 5.01 Å². The molecular weight excluding hydrogens is 260 g/mol. The fourth-order valence-electron chi connectivity index (χ4n) is 1.56. The number of benzene rings is 1. The summed E-state index contributed by atoms with van der Waals surface area (Å²) in [5.41, 5.74) is 6.26. The van der Waals surface area contributed by atoms with E-state index in [9.17, 15) is 4.79 Å². The van der Waals surface area contributed by atoms with Gasteiger partial charge in [-0.25, -0.2) is 4.68 Å². The van der Waals surface area contributed by atoms with Crippen LogP contribution in [0.3, 0.4) is 0 Å². The molecule has 0 saturated heterocycles. The van der Waals surface area contributed by atoms with Crippen LogP contribution in [0.4, 0.5) is 0 Å². The topological polar surface area (TPSA) is 73.3 Å². The van der Waals surface area contributed by atoms with E-state index < -0.39 is 0 Å². The Labute approximate surface area is 115 Å². The number of hydrogen-bond donors (Lipinski definition) is 1. The maximum atomic E-state index is 11.6. The minimum absolute atomic E-state index is 0.210. The third-order valence-corrected chi connectivity index (χ3v) is 3.54. The molecule has 0 aliphatic rings. The zero-order chi connectivity index (χ0) is 13.7. The molecule has 0 fully saturated rings. The molecule has 0 spiro atoms. The number of hydrogen-bond acceptors (Lipinski definition) is 4. The summed E-state index contributed by atoms with van der Waals surface area (Å²) in [6, 6.07) is 9.67. The third kappa shape index (κ3) is 3.36. The fraction of sp³-hybridized carbons (Fsp3) is 0.308. The van der Waals surface area contributed by atoms with E-state index in [-0.39, 0.29) is 12.3 Å². The third-order valence-electron chi connectivity index (χ3n) is 2.48. The van der Waals surface area contributed by atoms with E-state index in [4.69, 9.17) is 5.73 Å². The van der Waals surface area contributed by atoms with Crippen LogP contribution in [0.2, 0.25) is 0 Å². The van der Waals surface area contributed by atoms with E-state index in [0.29, 0.717) is 11.3 Å². The first-order valence-electron chi connectivity index (χ1n) is 6.16. The van der Waals surface area contributed by atoms with Crippen molar-refractivity contribution in [3.05, 3.63) is 40.1 Å². The van der Waals surface area contributed by atoms with Crippen molar-refractivity contribution in [2.75, 3.05) is 6.54 Å². The minimum atomic E-state index is -0.210. The molecule has 1 heterocycles. The second-order valence-electron chi connectivity index (χ2n) is 3.92. The molecule has 1 aromatic carbocycles. The molecule has 2 rings (SSSR count). The summed E-state index contributed by atoms with van der Waals surface area (Å²) in [6.07, 6.45) is 1.08. The number of para-hydroxylation sites is 1. The Morgan fingerprint density at radius 1 is 1.42 bits per heavy atom. The van der Waals surface area contributed by atoms with Gasteiger partial charge in [0, 0.05) is 13.0 Å². The zero-order valence-electron chi connectivity index (χ0n) is 10.7. The molecular formula is C13H16N4OS. The van der Waals surface area contributed by atoms with Gasteiger partial charge >= 0.3 is 0 Å². The van der Waals surface area contributed by atoms with Crippen molar-refractivity contribution in [3.63, 3.8) is 0 Å². The molecule has 2 aromatic rings. The van der Waals surface area contributed by atoms with E-state index in [1.165, 1.54) is 11.3 Å². The largest absolute Gasteiger partial charge is 0.330 e. The van der Waals surface area contributed by atoms with Gasteiger partial charge in [0.2, 0.25) is 10.7 Å². The maximum Gasteiger partial charge on any atom is 0.249 e. The zero-order valence-corrected chi connectivity index (χ0v) is 11.6. The molecule has 19 heavy (non-hydrogen) atoms. The highest BCUT2D eigenvalue weighted by atomic mass is 32.1. The quantitative estimate of drug-likeness (QED) is 0.914. The Balaban J connectivity index is 2.49. The highest BCUT2D eigenvalue weighted by Gasteiger charge is 2.07. The second-order valence-corrected chi connectivity index (χ2v) is 4.96. The average Bonchev–Trinajstić information content (AvgIpc) is 2.83. The van der Waals surface area contributed by atoms with Crippen LogP contribution in [0.15, 0.2) is 35.3 Å². The summed E-state index contributed by atoms with van der Waals surface area (Å²) in [6.45, 7) is 2.34. The number of nitrogens with two attached hydrogens (primary N) is 1. The highest BCUT2D eigenvalue weighted by Crippen LogP contribution is 2.07. The molecule has 0 aliphatic heterocycles. The van der Waals surface area contributed by atoms with Crippen LogP contribution in [0, 0.1) is 0 Å². The Hall–Kier alpha value is -1.79. The van der Waals surface area contributed by atoms with Crippen LogP contribution in [-0.2, 0) is 11.2 Å². The Bertz CT molecular complexity index is 615. The first-order valence-corrected chi connectivity index (χ1v) is 6.98. The maximum absolute atomic E-state index is 11.6. The summed E-state index contributed by atoms with van der Waals surface area (Å²) in [5.74, 6) is -0.210. The molecule has 0 aliphatic carbocycles. The number of amides is 1. The molecule has 0 atom stereocenters. The van der Waals surface area contributed by atoms with Crippen LogP contribution < -0.4 is 10.5 Å². The van der Waals surface area contributed by atoms with Crippen molar-refractivity contribution in [2.45, 2.75) is 19.8 Å². The first kappa shape index (κ1) is 13.6. The average molecular weight is 276 g/mol. The van der Waals surface area contributed by atoms with Crippen LogP contribution in [0.25, 0.3) is 5.69 Å². The monoisotopic (exact) mass is 276 g/mol. The number of carbonyl (C=O) groups is 1. The summed E-state index contributed by atoms with van der Waals surface area (Å²) in [4.78, 5) is 16.3. The van der Waals surface area contributed by atoms with Crippen molar-refractivity contribution in [1.82, 2.24) is 9.78 Å². The van der Waals surface area contributed by atoms with Crippen LogP contribution >= 0.6 is 11.3 Å². The second kappa shape index (κ2) is 6.40. The van der Waals surface area contributed by atoms with Gasteiger partial charge in [-0.3, -0.25) is 4.79 Å². The molecule has 1 aromatic heterocycles. The lowest BCUT2D eigenvalue weighted by Crippen LogP contribution is -2.17. The number of carbonyl (C=O) groups excluding carboxylic acids is 1. The summed E-state index contributed by atoms with van der Waals surface area (Å²) >= 11 is 1.43. The molecule has 5 nitrogen and oxygen atoms in total. The molecule has 2 N–H and O–H groups in total. The van der Waals surface area contributed by atoms with Gasteiger partial charge in [0.05, 0.1) is 5.69 Å². The van der Waals surface area contributed by atoms with E-state index >= 15 is 0 Å². The smallest absolute Gasteiger partial charge is 0.249 e. The number of rotatable bonds is 4. The van der Waals surface area contributed by atoms with Gasteiger partial charge in [-0.2, -0.15) is 10.1 Å². The highest BCUT2D eigenvalue weighted by molar-refractivity contribution is 7.08. The predicted molar refractivity (Wildman–Crippen MR) is 75.1 cm³/mol. The van der Waals surface area contributed by atoms with Crippen molar-refractivity contribution in [1.29, 1.82) is 0 Å². The standard InChI is InChI=1S/C13H16N4OS/c1-2-12-16-17(10-6-4-3-5-7-10)13(19-12)15-11(18)8-9-14/h3-7H,2,8-9,14H2,1H3. The van der Waals surface area contributed by atoms with Gasteiger partial charge in [0.15, 0.2) is 0 Å². The van der Waals surface area contributed by atoms with Crippen molar-refractivity contribution in [3.8, 4) is 5.69 Å². The molecule has 0 radical (unpaired) electrons. The summed E-state index contributed by atoms with van der Waals surface area (Å²) < 4.78 is 1.71. The molecule has 0 bridgehead atoms. The number of aromatic nitrogens is 2. The van der Waals surface area contributed by atoms with Gasteiger partial charge in [-0.15, -0.1) is 0 Å². The van der Waals surface area contributed by atoms with Crippen LogP contribution in [-0.4, -0.2) is 22.2 Å². The Morgan fingerprint density at radius 2 is 2.16 bits per heavy atom. The molecule has 1 amide bonds. The van der Waals surface area contributed by atoms with Gasteiger partial charge < -0.3 is 5.73 Å². The number of nitrogens with zero attached hydrogens (tertiary/aromatic N) is 3. The normalized spacial score (nSPS) is 11.8. The first-order chi connectivity index (χ1) is 9.24. The minimum Gasteiger partial charge on any atom is -0.330 e.